The number of hydrogen-bond donors (Lipinski definition) is 3. The summed E-state index contributed by atoms with van der Waals surface area (Å²) >= 11 is 0. The number of ether oxygens (including phenoxy) is 3. The first-order valence-electron chi connectivity index (χ1n) is 8.37. The Balaban J connectivity index is 1.89. The van der Waals surface area contributed by atoms with Gasteiger partial charge in [-0.15, -0.1) is 0 Å². The number of methoxy groups -OCH3 is 3. The van der Waals surface area contributed by atoms with Gasteiger partial charge < -0.3 is 25.0 Å². The summed E-state index contributed by atoms with van der Waals surface area (Å²) in [6.07, 6.45) is -0.0419. The van der Waals surface area contributed by atoms with Gasteiger partial charge in [0.1, 0.15) is 17.2 Å². The van der Waals surface area contributed by atoms with Gasteiger partial charge in [-0.05, 0) is 24.3 Å². The third-order valence-electron chi connectivity index (χ3n) is 3.72. The Morgan fingerprint density at radius 1 is 0.929 bits per heavy atom. The highest BCUT2D eigenvalue weighted by atomic mass is 16.5. The molecule has 3 N–H and O–H groups in total. The second-order valence-electron chi connectivity index (χ2n) is 5.71. The standard InChI is InChI=1S/C20H23N3O5/c1-13(9-19(24)21-17-7-5-6-8-18(17)28-4)22-23-20(25)14-10-15(26-2)12-16(11-14)27-3/h5-8,10-12,22H,1,9H2,2-4H3,(H,21,24)(H,23,25). The molecule has 8 nitrogen and oxygen atoms in total. The van der Waals surface area contributed by atoms with Gasteiger partial charge in [0.25, 0.3) is 5.91 Å². The van der Waals surface area contributed by atoms with Crippen molar-refractivity contribution in [1.29, 1.82) is 0 Å². The number of benzene rings is 2. The number of anilines is 1. The van der Waals surface area contributed by atoms with Gasteiger partial charge in [-0.2, -0.15) is 0 Å². The monoisotopic (exact) mass is 385 g/mol. The van der Waals surface area contributed by atoms with Gasteiger partial charge >= 0.3 is 0 Å². The molecule has 0 bridgehead atoms. The van der Waals surface area contributed by atoms with Gasteiger partial charge in [0.2, 0.25) is 5.91 Å². The van der Waals surface area contributed by atoms with Crippen molar-refractivity contribution in [1.82, 2.24) is 10.9 Å². The van der Waals surface area contributed by atoms with Crippen LogP contribution in [0.3, 0.4) is 0 Å². The number of carbonyl (C=O) groups is 2. The van der Waals surface area contributed by atoms with Crippen molar-refractivity contribution in [2.24, 2.45) is 0 Å². The van der Waals surface area contributed by atoms with E-state index in [0.29, 0.717) is 34.2 Å². The van der Waals surface area contributed by atoms with Crippen LogP contribution < -0.4 is 30.4 Å². The second-order valence-corrected chi connectivity index (χ2v) is 5.71. The topological polar surface area (TPSA) is 97.9 Å². The summed E-state index contributed by atoms with van der Waals surface area (Å²) in [5.74, 6) is 0.788. The average Bonchev–Trinajstić information content (AvgIpc) is 2.71. The number of rotatable bonds is 9. The van der Waals surface area contributed by atoms with Crippen LogP contribution in [0.1, 0.15) is 16.8 Å². The van der Waals surface area contributed by atoms with Crippen molar-refractivity contribution in [3.05, 3.63) is 60.3 Å². The molecule has 0 unspecified atom stereocenters. The number of para-hydroxylation sites is 2. The molecule has 0 saturated carbocycles. The lowest BCUT2D eigenvalue weighted by molar-refractivity contribution is -0.115. The maximum Gasteiger partial charge on any atom is 0.269 e. The van der Waals surface area contributed by atoms with Crippen molar-refractivity contribution in [3.8, 4) is 17.2 Å². The van der Waals surface area contributed by atoms with E-state index in [0.717, 1.165) is 0 Å². The molecule has 2 rings (SSSR count). The van der Waals surface area contributed by atoms with E-state index in [9.17, 15) is 9.59 Å². The molecule has 28 heavy (non-hydrogen) atoms. The number of nitrogens with one attached hydrogen (secondary N) is 3. The van der Waals surface area contributed by atoms with E-state index >= 15 is 0 Å². The van der Waals surface area contributed by atoms with Crippen LogP contribution in [0.2, 0.25) is 0 Å². The smallest absolute Gasteiger partial charge is 0.269 e. The second kappa shape index (κ2) is 9.86. The van der Waals surface area contributed by atoms with Crippen molar-refractivity contribution in [2.75, 3.05) is 26.6 Å². The summed E-state index contributed by atoms with van der Waals surface area (Å²) in [5, 5.41) is 2.73. The number of hydrazine groups is 1. The Hall–Kier alpha value is -3.68. The maximum absolute atomic E-state index is 12.3. The molecule has 0 fully saturated rings. The molecule has 148 valence electrons. The van der Waals surface area contributed by atoms with Gasteiger partial charge in [-0.1, -0.05) is 18.7 Å². The largest absolute Gasteiger partial charge is 0.497 e. The molecule has 0 aliphatic rings. The highest BCUT2D eigenvalue weighted by Crippen LogP contribution is 2.23. The first-order valence-corrected chi connectivity index (χ1v) is 8.37. The van der Waals surface area contributed by atoms with Crippen molar-refractivity contribution >= 4 is 17.5 Å². The van der Waals surface area contributed by atoms with Gasteiger partial charge in [-0.3, -0.25) is 15.0 Å². The first kappa shape index (κ1) is 20.6. The summed E-state index contributed by atoms with van der Waals surface area (Å²) in [4.78, 5) is 24.5. The van der Waals surface area contributed by atoms with Gasteiger partial charge in [-0.25, -0.2) is 0 Å². The van der Waals surface area contributed by atoms with Crippen LogP contribution in [-0.4, -0.2) is 33.1 Å². The van der Waals surface area contributed by atoms with E-state index in [-0.39, 0.29) is 12.3 Å². The Kier molecular flexibility index (Phi) is 7.27. The first-order chi connectivity index (χ1) is 13.5. The normalized spacial score (nSPS) is 9.82. The number of hydrogen-bond acceptors (Lipinski definition) is 6. The molecule has 0 atom stereocenters. The number of amides is 2. The van der Waals surface area contributed by atoms with Crippen molar-refractivity contribution < 1.29 is 23.8 Å². The lowest BCUT2D eigenvalue weighted by atomic mass is 10.2. The zero-order valence-corrected chi connectivity index (χ0v) is 16.0. The zero-order valence-electron chi connectivity index (χ0n) is 16.0. The molecule has 0 radical (unpaired) electrons. The van der Waals surface area contributed by atoms with E-state index in [1.54, 1.807) is 42.5 Å². The van der Waals surface area contributed by atoms with Crippen LogP contribution in [0.5, 0.6) is 17.2 Å². The van der Waals surface area contributed by atoms with Gasteiger partial charge in [0.05, 0.1) is 33.4 Å². The Bertz CT molecular complexity index is 844. The van der Waals surface area contributed by atoms with Crippen LogP contribution in [-0.2, 0) is 4.79 Å². The maximum atomic E-state index is 12.3. The minimum Gasteiger partial charge on any atom is -0.497 e. The van der Waals surface area contributed by atoms with Crippen molar-refractivity contribution in [3.63, 3.8) is 0 Å². The van der Waals surface area contributed by atoms with Crippen molar-refractivity contribution in [2.45, 2.75) is 6.42 Å². The predicted molar refractivity (Wildman–Crippen MR) is 106 cm³/mol. The lowest BCUT2D eigenvalue weighted by Crippen LogP contribution is -2.37. The SMILES string of the molecule is C=C(CC(=O)Nc1ccccc1OC)NNC(=O)c1cc(OC)cc(OC)c1. The molecular weight excluding hydrogens is 362 g/mol. The van der Waals surface area contributed by atoms with E-state index in [4.69, 9.17) is 14.2 Å². The van der Waals surface area contributed by atoms with Gasteiger partial charge in [0.15, 0.2) is 0 Å². The Morgan fingerprint density at radius 3 is 2.18 bits per heavy atom. The summed E-state index contributed by atoms with van der Waals surface area (Å²) in [6.45, 7) is 3.74. The van der Waals surface area contributed by atoms with Crippen LogP contribution in [0.25, 0.3) is 0 Å². The molecule has 0 heterocycles. The van der Waals surface area contributed by atoms with Gasteiger partial charge in [0, 0.05) is 17.3 Å². The minimum absolute atomic E-state index is 0.0419. The fraction of sp³-hybridized carbons (Fsp3) is 0.200. The zero-order chi connectivity index (χ0) is 20.5. The van der Waals surface area contributed by atoms with E-state index in [1.807, 2.05) is 0 Å². The van der Waals surface area contributed by atoms with Crippen LogP contribution in [0, 0.1) is 0 Å². The molecule has 2 aromatic rings. The third-order valence-corrected chi connectivity index (χ3v) is 3.72. The molecular formula is C20H23N3O5. The Labute approximate surface area is 163 Å². The Morgan fingerprint density at radius 2 is 1.57 bits per heavy atom. The quantitative estimate of drug-likeness (QED) is 0.574. The molecule has 8 heteroatoms. The van der Waals surface area contributed by atoms with Crippen LogP contribution >= 0.6 is 0 Å². The van der Waals surface area contributed by atoms with E-state index < -0.39 is 5.91 Å². The molecule has 0 saturated heterocycles. The highest BCUT2D eigenvalue weighted by Gasteiger charge is 2.12. The summed E-state index contributed by atoms with van der Waals surface area (Å²) in [5.41, 5.74) is 6.32. The fourth-order valence-corrected chi connectivity index (χ4v) is 2.34. The summed E-state index contributed by atoms with van der Waals surface area (Å²) in [6, 6.07) is 11.8. The van der Waals surface area contributed by atoms with E-state index in [2.05, 4.69) is 22.7 Å². The van der Waals surface area contributed by atoms with E-state index in [1.165, 1.54) is 21.3 Å². The van der Waals surface area contributed by atoms with Crippen LogP contribution in [0.15, 0.2) is 54.7 Å². The molecule has 0 spiro atoms. The summed E-state index contributed by atoms with van der Waals surface area (Å²) in [7, 11) is 4.52. The molecule has 0 aliphatic carbocycles. The van der Waals surface area contributed by atoms with Crippen LogP contribution in [0.4, 0.5) is 5.69 Å². The predicted octanol–water partition coefficient (Wildman–Crippen LogP) is 2.49. The number of carbonyl (C=O) groups excluding carboxylic acids is 2. The lowest BCUT2D eigenvalue weighted by Gasteiger charge is -2.13. The molecule has 2 aromatic carbocycles. The molecule has 2 amide bonds. The molecule has 0 aliphatic heterocycles. The molecule has 0 aromatic heterocycles. The minimum atomic E-state index is -0.427. The highest BCUT2D eigenvalue weighted by molar-refractivity contribution is 5.95. The average molecular weight is 385 g/mol. The third kappa shape index (κ3) is 5.66. The summed E-state index contributed by atoms with van der Waals surface area (Å²) < 4.78 is 15.5. The fourth-order valence-electron chi connectivity index (χ4n) is 2.34.